The van der Waals surface area contributed by atoms with Crippen LogP contribution >= 0.6 is 0 Å². The molecule has 0 aromatic carbocycles. The average Bonchev–Trinajstić information content (AvgIpc) is 2.31. The fraction of sp³-hybridized carbons (Fsp3) is 0.545. The lowest BCUT2D eigenvalue weighted by Gasteiger charge is -2.23. The van der Waals surface area contributed by atoms with Gasteiger partial charge in [0.15, 0.2) is 0 Å². The normalized spacial score (nSPS) is 11.7. The van der Waals surface area contributed by atoms with Crippen molar-refractivity contribution >= 4 is 14.5 Å². The molecule has 5 heteroatoms. The summed E-state index contributed by atoms with van der Waals surface area (Å²) >= 11 is 0. The van der Waals surface area contributed by atoms with Gasteiger partial charge in [-0.3, -0.25) is 0 Å². The van der Waals surface area contributed by atoms with E-state index in [-0.39, 0.29) is 5.97 Å². The average molecular weight is 244 g/mol. The van der Waals surface area contributed by atoms with E-state index in [1.807, 2.05) is 0 Å². The summed E-state index contributed by atoms with van der Waals surface area (Å²) in [7, 11) is 0.975. The van der Waals surface area contributed by atoms with Gasteiger partial charge in [-0.15, -0.1) is 6.58 Å². The molecule has 92 valence electrons. The van der Waals surface area contributed by atoms with Gasteiger partial charge in [-0.05, 0) is 25.1 Å². The molecule has 0 aliphatic rings. The lowest BCUT2D eigenvalue weighted by Crippen LogP contribution is -2.38. The summed E-state index contributed by atoms with van der Waals surface area (Å²) in [5.41, 5.74) is 1.74. The largest absolute Gasteiger partial charge is 0.463 e. The van der Waals surface area contributed by atoms with E-state index in [2.05, 4.69) is 6.58 Å². The molecule has 0 aliphatic carbocycles. The molecule has 0 saturated heterocycles. The summed E-state index contributed by atoms with van der Waals surface area (Å²) in [5, 5.41) is 0. The van der Waals surface area contributed by atoms with Crippen molar-refractivity contribution in [3.8, 4) is 0 Å². The Morgan fingerprint density at radius 3 is 2.44 bits per heavy atom. The van der Waals surface area contributed by atoms with Crippen molar-refractivity contribution in [1.29, 1.82) is 0 Å². The minimum absolute atomic E-state index is 0.316. The number of carbonyl (C=O) groups excluding carboxylic acids is 1. The van der Waals surface area contributed by atoms with Crippen molar-refractivity contribution < 1.29 is 18.4 Å². The maximum absolute atomic E-state index is 11.0. The fourth-order valence-corrected chi connectivity index (χ4v) is 2.98. The zero-order chi connectivity index (χ0) is 12.4. The van der Waals surface area contributed by atoms with Crippen LogP contribution in [0, 0.1) is 0 Å². The monoisotopic (exact) mass is 244 g/mol. The van der Waals surface area contributed by atoms with Gasteiger partial charge in [0.2, 0.25) is 0 Å². The van der Waals surface area contributed by atoms with E-state index in [0.717, 1.165) is 6.04 Å². The molecule has 0 N–H and O–H groups in total. The van der Waals surface area contributed by atoms with Crippen LogP contribution in [0.5, 0.6) is 0 Å². The van der Waals surface area contributed by atoms with Gasteiger partial charge < -0.3 is 13.6 Å². The lowest BCUT2D eigenvalue weighted by molar-refractivity contribution is -0.137. The van der Waals surface area contributed by atoms with Gasteiger partial charge in [0.1, 0.15) is 0 Å². The molecule has 0 heterocycles. The molecule has 0 amide bonds. The van der Waals surface area contributed by atoms with Crippen LogP contribution in [0.25, 0.3) is 0 Å². The SMILES string of the molecule is C=C[Si](CCCOC(=O)C=CC)(OC)OC. The molecule has 0 unspecified atom stereocenters. The van der Waals surface area contributed by atoms with Crippen molar-refractivity contribution in [3.63, 3.8) is 0 Å². The molecule has 16 heavy (non-hydrogen) atoms. The number of rotatable bonds is 8. The van der Waals surface area contributed by atoms with E-state index in [1.54, 1.807) is 32.9 Å². The first-order valence-corrected chi connectivity index (χ1v) is 7.27. The Labute approximate surface area is 98.1 Å². The summed E-state index contributed by atoms with van der Waals surface area (Å²) in [6.07, 6.45) is 3.75. The third-order valence-corrected chi connectivity index (χ3v) is 5.27. The van der Waals surface area contributed by atoms with Crippen molar-refractivity contribution in [1.82, 2.24) is 0 Å². The number of hydrogen-bond donors (Lipinski definition) is 0. The second-order valence-electron chi connectivity index (χ2n) is 3.20. The van der Waals surface area contributed by atoms with E-state index in [1.165, 1.54) is 6.08 Å². The molecule has 0 bridgehead atoms. The van der Waals surface area contributed by atoms with Crippen LogP contribution in [0.15, 0.2) is 24.4 Å². The Balaban J connectivity index is 3.87. The Morgan fingerprint density at radius 1 is 1.38 bits per heavy atom. The molecule has 0 aromatic rings. The molecule has 0 fully saturated rings. The highest BCUT2D eigenvalue weighted by atomic mass is 28.4. The summed E-state index contributed by atoms with van der Waals surface area (Å²) in [6.45, 7) is 5.86. The Kier molecular flexibility index (Phi) is 7.79. The summed E-state index contributed by atoms with van der Waals surface area (Å²) in [4.78, 5) is 11.0. The zero-order valence-electron chi connectivity index (χ0n) is 10.2. The van der Waals surface area contributed by atoms with Crippen LogP contribution < -0.4 is 0 Å². The van der Waals surface area contributed by atoms with E-state index in [0.29, 0.717) is 13.0 Å². The van der Waals surface area contributed by atoms with E-state index in [4.69, 9.17) is 13.6 Å². The summed E-state index contributed by atoms with van der Waals surface area (Å²) < 4.78 is 15.6. The molecular formula is C11H20O4Si. The van der Waals surface area contributed by atoms with Crippen LogP contribution in [0.1, 0.15) is 13.3 Å². The van der Waals surface area contributed by atoms with Crippen molar-refractivity contribution in [3.05, 3.63) is 24.4 Å². The fourth-order valence-electron chi connectivity index (χ4n) is 1.23. The minimum atomic E-state index is -2.25. The third kappa shape index (κ3) is 5.25. The maximum Gasteiger partial charge on any atom is 0.364 e. The van der Waals surface area contributed by atoms with Gasteiger partial charge in [0.05, 0.1) is 6.61 Å². The lowest BCUT2D eigenvalue weighted by atomic mass is 10.5. The standard InChI is InChI=1S/C11H20O4Si/c1-5-8-11(12)15-9-7-10-16(6-2,13-3)14-4/h5-6,8H,2,7,9-10H2,1,3-4H3. The number of hydrogen-bond acceptors (Lipinski definition) is 4. The van der Waals surface area contributed by atoms with E-state index < -0.39 is 8.56 Å². The van der Waals surface area contributed by atoms with Crippen LogP contribution in [0.3, 0.4) is 0 Å². The molecule has 0 radical (unpaired) electrons. The minimum Gasteiger partial charge on any atom is -0.463 e. The summed E-state index contributed by atoms with van der Waals surface area (Å²) in [5.74, 6) is -0.316. The highest BCUT2D eigenvalue weighted by Gasteiger charge is 2.30. The van der Waals surface area contributed by atoms with Crippen molar-refractivity contribution in [2.45, 2.75) is 19.4 Å². The molecule has 0 saturated carbocycles. The van der Waals surface area contributed by atoms with Crippen LogP contribution in [0.4, 0.5) is 0 Å². The summed E-state index contributed by atoms with van der Waals surface area (Å²) in [6, 6.07) is 0.729. The number of esters is 1. The Bertz CT molecular complexity index is 246. The number of carbonyl (C=O) groups is 1. The quantitative estimate of drug-likeness (QED) is 0.283. The first kappa shape index (κ1) is 15.1. The van der Waals surface area contributed by atoms with Gasteiger partial charge in [0, 0.05) is 20.3 Å². The van der Waals surface area contributed by atoms with Crippen LogP contribution in [-0.2, 0) is 18.4 Å². The van der Waals surface area contributed by atoms with Crippen LogP contribution in [0.2, 0.25) is 6.04 Å². The smallest absolute Gasteiger partial charge is 0.364 e. The maximum atomic E-state index is 11.0. The Hall–Kier alpha value is -0.913. The first-order chi connectivity index (χ1) is 7.64. The second kappa shape index (κ2) is 8.26. The van der Waals surface area contributed by atoms with E-state index in [9.17, 15) is 4.79 Å². The zero-order valence-corrected chi connectivity index (χ0v) is 11.2. The second-order valence-corrected chi connectivity index (χ2v) is 6.54. The molecule has 0 spiro atoms. The van der Waals surface area contributed by atoms with Crippen LogP contribution in [-0.4, -0.2) is 35.4 Å². The van der Waals surface area contributed by atoms with Gasteiger partial charge in [-0.1, -0.05) is 6.08 Å². The molecule has 0 aliphatic heterocycles. The molecule has 0 atom stereocenters. The topological polar surface area (TPSA) is 44.8 Å². The molecule has 4 nitrogen and oxygen atoms in total. The third-order valence-electron chi connectivity index (χ3n) is 2.22. The number of ether oxygens (including phenoxy) is 1. The van der Waals surface area contributed by atoms with E-state index >= 15 is 0 Å². The van der Waals surface area contributed by atoms with Gasteiger partial charge in [-0.2, -0.15) is 0 Å². The molecule has 0 aromatic heterocycles. The van der Waals surface area contributed by atoms with Gasteiger partial charge in [-0.25, -0.2) is 4.79 Å². The number of allylic oxidation sites excluding steroid dienone is 1. The predicted octanol–water partition coefficient (Wildman–Crippen LogP) is 1.96. The highest BCUT2D eigenvalue weighted by molar-refractivity contribution is 6.72. The van der Waals surface area contributed by atoms with Crippen molar-refractivity contribution in [2.24, 2.45) is 0 Å². The highest BCUT2D eigenvalue weighted by Crippen LogP contribution is 2.15. The van der Waals surface area contributed by atoms with Crippen molar-refractivity contribution in [2.75, 3.05) is 20.8 Å². The predicted molar refractivity (Wildman–Crippen MR) is 65.2 cm³/mol. The van der Waals surface area contributed by atoms with Gasteiger partial charge >= 0.3 is 14.5 Å². The molecule has 0 rings (SSSR count). The Morgan fingerprint density at radius 2 is 2.00 bits per heavy atom. The van der Waals surface area contributed by atoms with Gasteiger partial charge in [0.25, 0.3) is 0 Å². The first-order valence-electron chi connectivity index (χ1n) is 5.17. The molecular weight excluding hydrogens is 224 g/mol.